The van der Waals surface area contributed by atoms with E-state index in [1.165, 1.54) is 0 Å². The highest BCUT2D eigenvalue weighted by Gasteiger charge is 2.25. The topological polar surface area (TPSA) is 49.4 Å². The van der Waals surface area contributed by atoms with Gasteiger partial charge in [-0.25, -0.2) is 0 Å². The van der Waals surface area contributed by atoms with Gasteiger partial charge in [0.1, 0.15) is 6.04 Å². The van der Waals surface area contributed by atoms with Crippen LogP contribution in [0.5, 0.6) is 0 Å². The zero-order valence-corrected chi connectivity index (χ0v) is 15.0. The molecule has 0 saturated heterocycles. The van der Waals surface area contributed by atoms with E-state index < -0.39 is 6.04 Å². The van der Waals surface area contributed by atoms with Crippen LogP contribution in [0.1, 0.15) is 30.6 Å². The molecule has 0 saturated carbocycles. The van der Waals surface area contributed by atoms with Crippen molar-refractivity contribution in [3.63, 3.8) is 0 Å². The molecule has 126 valence electrons. The van der Waals surface area contributed by atoms with Crippen LogP contribution < -0.4 is 5.32 Å². The molecule has 0 aliphatic heterocycles. The fourth-order valence-electron chi connectivity index (χ4n) is 2.22. The van der Waals surface area contributed by atoms with Gasteiger partial charge in [-0.1, -0.05) is 30.4 Å². The molecule has 0 bridgehead atoms. The van der Waals surface area contributed by atoms with Crippen LogP contribution >= 0.6 is 11.8 Å². The Morgan fingerprint density at radius 3 is 2.48 bits per heavy atom. The average Bonchev–Trinajstić information content (AvgIpc) is 2.56. The van der Waals surface area contributed by atoms with Crippen molar-refractivity contribution in [1.82, 2.24) is 10.2 Å². The zero-order chi connectivity index (χ0) is 17.2. The lowest BCUT2D eigenvalue weighted by molar-refractivity contribution is -0.132. The predicted molar refractivity (Wildman–Crippen MR) is 97.8 cm³/mol. The highest BCUT2D eigenvalue weighted by atomic mass is 32.2. The summed E-state index contributed by atoms with van der Waals surface area (Å²) in [7, 11) is 0. The quantitative estimate of drug-likeness (QED) is 0.706. The molecule has 1 rings (SSSR count). The van der Waals surface area contributed by atoms with Crippen molar-refractivity contribution in [2.45, 2.75) is 26.3 Å². The smallest absolute Gasteiger partial charge is 0.251 e. The molecule has 0 heterocycles. The highest BCUT2D eigenvalue weighted by Crippen LogP contribution is 2.08. The largest absolute Gasteiger partial charge is 0.340 e. The molecule has 1 N–H and O–H groups in total. The second-order valence-corrected chi connectivity index (χ2v) is 6.47. The van der Waals surface area contributed by atoms with E-state index in [1.807, 2.05) is 38.3 Å². The minimum atomic E-state index is -0.505. The lowest BCUT2D eigenvalue weighted by Gasteiger charge is -2.27. The number of nitrogens with zero attached hydrogens (tertiary/aromatic N) is 1. The molecule has 4 nitrogen and oxygen atoms in total. The Balaban J connectivity index is 2.83. The molecule has 1 unspecified atom stereocenters. The van der Waals surface area contributed by atoms with Crippen LogP contribution in [0.4, 0.5) is 0 Å². The van der Waals surface area contributed by atoms with Gasteiger partial charge in [0, 0.05) is 18.7 Å². The lowest BCUT2D eigenvalue weighted by Crippen LogP contribution is -2.49. The number of hydrogen-bond donors (Lipinski definition) is 1. The maximum absolute atomic E-state index is 12.7. The minimum absolute atomic E-state index is 0.0474. The molecule has 2 amide bonds. The van der Waals surface area contributed by atoms with Crippen molar-refractivity contribution >= 4 is 23.6 Å². The van der Waals surface area contributed by atoms with Gasteiger partial charge in [-0.15, -0.1) is 0 Å². The molecule has 5 heteroatoms. The van der Waals surface area contributed by atoms with Gasteiger partial charge in [-0.05, 0) is 44.4 Å². The molecule has 0 fully saturated rings. The summed E-state index contributed by atoms with van der Waals surface area (Å²) in [6, 6.07) is 8.47. The van der Waals surface area contributed by atoms with Crippen molar-refractivity contribution < 1.29 is 9.59 Å². The van der Waals surface area contributed by atoms with Crippen LogP contribution in [-0.4, -0.2) is 47.9 Å². The molecule has 0 aliphatic carbocycles. The van der Waals surface area contributed by atoms with Gasteiger partial charge in [0.05, 0.1) is 0 Å². The fraction of sp³-hybridized carbons (Fsp3) is 0.444. The second-order valence-electron chi connectivity index (χ2n) is 5.48. The van der Waals surface area contributed by atoms with Crippen LogP contribution in [0.25, 0.3) is 0 Å². The minimum Gasteiger partial charge on any atom is -0.340 e. The number of rotatable bonds is 9. The summed E-state index contributed by atoms with van der Waals surface area (Å²) in [6.07, 6.45) is 2.61. The Morgan fingerprint density at radius 2 is 1.96 bits per heavy atom. The number of amides is 2. The number of carbonyl (C=O) groups excluding carboxylic acids is 2. The monoisotopic (exact) mass is 334 g/mol. The third-order valence-corrected chi connectivity index (χ3v) is 4.05. The van der Waals surface area contributed by atoms with E-state index in [0.717, 1.165) is 11.3 Å². The average molecular weight is 334 g/mol. The van der Waals surface area contributed by atoms with Crippen molar-refractivity contribution in [3.8, 4) is 0 Å². The molecular weight excluding hydrogens is 308 g/mol. The lowest BCUT2D eigenvalue weighted by atomic mass is 10.1. The molecular formula is C18H26N2O2S. The number of thioether (sulfide) groups is 1. The van der Waals surface area contributed by atoms with Gasteiger partial charge in [0.25, 0.3) is 5.91 Å². The summed E-state index contributed by atoms with van der Waals surface area (Å²) in [5.41, 5.74) is 1.50. The van der Waals surface area contributed by atoms with Gasteiger partial charge >= 0.3 is 0 Å². The van der Waals surface area contributed by atoms with Crippen LogP contribution in [0.2, 0.25) is 0 Å². The summed E-state index contributed by atoms with van der Waals surface area (Å²) < 4.78 is 0. The maximum atomic E-state index is 12.7. The first-order chi connectivity index (χ1) is 11.0. The number of hydrogen-bond acceptors (Lipinski definition) is 3. The first kappa shape index (κ1) is 19.3. The van der Waals surface area contributed by atoms with Gasteiger partial charge in [0.2, 0.25) is 5.91 Å². The summed E-state index contributed by atoms with van der Waals surface area (Å²) in [4.78, 5) is 26.8. The molecule has 0 radical (unpaired) electrons. The van der Waals surface area contributed by atoms with E-state index in [4.69, 9.17) is 0 Å². The summed E-state index contributed by atoms with van der Waals surface area (Å²) in [5, 5.41) is 2.88. The van der Waals surface area contributed by atoms with Gasteiger partial charge in [0.15, 0.2) is 0 Å². The SMILES string of the molecule is C=C(C)CN(CC)C(=O)C(CCSC)NC(=O)c1ccccc1. The first-order valence-corrected chi connectivity index (χ1v) is 9.17. The Hall–Kier alpha value is -1.75. The van der Waals surface area contributed by atoms with E-state index in [1.54, 1.807) is 28.8 Å². The van der Waals surface area contributed by atoms with Crippen LogP contribution in [0, 0.1) is 0 Å². The van der Waals surface area contributed by atoms with Crippen molar-refractivity contribution in [3.05, 3.63) is 48.0 Å². The fourth-order valence-corrected chi connectivity index (χ4v) is 2.69. The summed E-state index contributed by atoms with van der Waals surface area (Å²) >= 11 is 1.66. The van der Waals surface area contributed by atoms with Crippen LogP contribution in [0.3, 0.4) is 0 Å². The first-order valence-electron chi connectivity index (χ1n) is 7.77. The van der Waals surface area contributed by atoms with Crippen molar-refractivity contribution in [2.75, 3.05) is 25.1 Å². The van der Waals surface area contributed by atoms with Gasteiger partial charge < -0.3 is 10.2 Å². The van der Waals surface area contributed by atoms with Gasteiger partial charge in [-0.3, -0.25) is 9.59 Å². The molecule has 0 aliphatic rings. The van der Waals surface area contributed by atoms with Crippen molar-refractivity contribution in [1.29, 1.82) is 0 Å². The second kappa shape index (κ2) is 10.1. The molecule has 0 aromatic heterocycles. The third kappa shape index (κ3) is 6.48. The summed E-state index contributed by atoms with van der Waals surface area (Å²) in [6.45, 7) is 8.82. The maximum Gasteiger partial charge on any atom is 0.251 e. The summed E-state index contributed by atoms with van der Waals surface area (Å²) in [5.74, 6) is 0.557. The molecule has 1 atom stereocenters. The van der Waals surface area contributed by atoms with E-state index in [9.17, 15) is 9.59 Å². The standard InChI is InChI=1S/C18H26N2O2S/c1-5-20(13-14(2)3)18(22)16(11-12-23-4)19-17(21)15-9-7-6-8-10-15/h6-10,16H,2,5,11-13H2,1,3-4H3,(H,19,21). The number of likely N-dealkylation sites (N-methyl/N-ethyl adjacent to an activating group) is 1. The Labute approximate surface area is 143 Å². The van der Waals surface area contributed by atoms with E-state index >= 15 is 0 Å². The number of nitrogens with one attached hydrogen (secondary N) is 1. The zero-order valence-electron chi connectivity index (χ0n) is 14.2. The Kier molecular flexibility index (Phi) is 8.48. The molecule has 1 aromatic rings. The van der Waals surface area contributed by atoms with Crippen LogP contribution in [0.15, 0.2) is 42.5 Å². The number of carbonyl (C=O) groups is 2. The van der Waals surface area contributed by atoms with E-state index in [0.29, 0.717) is 25.1 Å². The van der Waals surface area contributed by atoms with Gasteiger partial charge in [-0.2, -0.15) is 11.8 Å². The molecule has 23 heavy (non-hydrogen) atoms. The third-order valence-electron chi connectivity index (χ3n) is 3.40. The van der Waals surface area contributed by atoms with Crippen molar-refractivity contribution in [2.24, 2.45) is 0 Å². The Bertz CT molecular complexity index is 531. The Morgan fingerprint density at radius 1 is 1.30 bits per heavy atom. The van der Waals surface area contributed by atoms with E-state index in [-0.39, 0.29) is 11.8 Å². The predicted octanol–water partition coefficient (Wildman–Crippen LogP) is 2.96. The normalized spacial score (nSPS) is 11.6. The molecule has 1 aromatic carbocycles. The highest BCUT2D eigenvalue weighted by molar-refractivity contribution is 7.98. The number of benzene rings is 1. The van der Waals surface area contributed by atoms with E-state index in [2.05, 4.69) is 11.9 Å². The molecule has 0 spiro atoms. The van der Waals surface area contributed by atoms with Crippen LogP contribution in [-0.2, 0) is 4.79 Å².